The Bertz CT molecular complexity index is 663. The molecule has 0 aliphatic heterocycles. The standard InChI is InChI=1S/C19H26N4O/c1-13(2)14-5-7-15(8-6-14)17(20)12-22-19(24)16-9-10-18(21-11-16)23(3)4/h5-11,13,17H,12,20H2,1-4H3,(H,22,24). The van der Waals surface area contributed by atoms with Crippen molar-refractivity contribution in [2.75, 3.05) is 25.5 Å². The van der Waals surface area contributed by atoms with Crippen LogP contribution in [0.1, 0.15) is 47.3 Å². The van der Waals surface area contributed by atoms with Crippen molar-refractivity contribution in [3.8, 4) is 0 Å². The van der Waals surface area contributed by atoms with Gasteiger partial charge in [0, 0.05) is 32.9 Å². The van der Waals surface area contributed by atoms with Gasteiger partial charge in [0.15, 0.2) is 0 Å². The number of benzene rings is 1. The number of rotatable bonds is 6. The molecule has 1 aromatic heterocycles. The zero-order chi connectivity index (χ0) is 17.7. The van der Waals surface area contributed by atoms with Gasteiger partial charge in [-0.1, -0.05) is 38.1 Å². The van der Waals surface area contributed by atoms with Crippen LogP contribution in [0.5, 0.6) is 0 Å². The molecule has 3 N–H and O–H groups in total. The first-order valence-electron chi connectivity index (χ1n) is 8.15. The number of nitrogens with two attached hydrogens (primary N) is 1. The van der Waals surface area contributed by atoms with Crippen LogP contribution >= 0.6 is 0 Å². The highest BCUT2D eigenvalue weighted by molar-refractivity contribution is 5.94. The van der Waals surface area contributed by atoms with Gasteiger partial charge in [0.05, 0.1) is 5.56 Å². The summed E-state index contributed by atoms with van der Waals surface area (Å²) >= 11 is 0. The zero-order valence-electron chi connectivity index (χ0n) is 14.8. The lowest BCUT2D eigenvalue weighted by Gasteiger charge is -2.15. The van der Waals surface area contributed by atoms with Crippen molar-refractivity contribution in [3.05, 3.63) is 59.3 Å². The van der Waals surface area contributed by atoms with E-state index in [1.807, 2.05) is 37.2 Å². The zero-order valence-corrected chi connectivity index (χ0v) is 14.8. The van der Waals surface area contributed by atoms with Crippen LogP contribution in [0.15, 0.2) is 42.6 Å². The van der Waals surface area contributed by atoms with E-state index < -0.39 is 0 Å². The largest absolute Gasteiger partial charge is 0.363 e. The van der Waals surface area contributed by atoms with Crippen molar-refractivity contribution in [2.45, 2.75) is 25.8 Å². The fourth-order valence-electron chi connectivity index (χ4n) is 2.34. The van der Waals surface area contributed by atoms with E-state index in [0.717, 1.165) is 11.4 Å². The quantitative estimate of drug-likeness (QED) is 0.856. The van der Waals surface area contributed by atoms with Gasteiger partial charge in [-0.25, -0.2) is 4.98 Å². The van der Waals surface area contributed by atoms with Crippen LogP contribution in [0.4, 0.5) is 5.82 Å². The number of carbonyl (C=O) groups excluding carboxylic acids is 1. The molecule has 24 heavy (non-hydrogen) atoms. The molecule has 0 aliphatic carbocycles. The van der Waals surface area contributed by atoms with Gasteiger partial charge in [-0.2, -0.15) is 0 Å². The molecule has 1 aromatic carbocycles. The summed E-state index contributed by atoms with van der Waals surface area (Å²) < 4.78 is 0. The predicted molar refractivity (Wildman–Crippen MR) is 98.4 cm³/mol. The van der Waals surface area contributed by atoms with Crippen molar-refractivity contribution < 1.29 is 4.79 Å². The van der Waals surface area contributed by atoms with Gasteiger partial charge in [0.2, 0.25) is 0 Å². The summed E-state index contributed by atoms with van der Waals surface area (Å²) in [7, 11) is 3.82. The Morgan fingerprint density at radius 3 is 2.25 bits per heavy atom. The van der Waals surface area contributed by atoms with Crippen LogP contribution in [-0.2, 0) is 0 Å². The minimum atomic E-state index is -0.232. The molecule has 5 heteroatoms. The molecule has 2 aromatic rings. The van der Waals surface area contributed by atoms with Crippen molar-refractivity contribution in [1.29, 1.82) is 0 Å². The average molecular weight is 326 g/mol. The molecule has 5 nitrogen and oxygen atoms in total. The van der Waals surface area contributed by atoms with Crippen molar-refractivity contribution in [1.82, 2.24) is 10.3 Å². The third kappa shape index (κ3) is 4.55. The Hall–Kier alpha value is -2.40. The molecule has 1 amide bonds. The fourth-order valence-corrected chi connectivity index (χ4v) is 2.34. The van der Waals surface area contributed by atoms with Gasteiger partial charge < -0.3 is 16.0 Å². The number of aromatic nitrogens is 1. The minimum Gasteiger partial charge on any atom is -0.363 e. The first kappa shape index (κ1) is 17.9. The highest BCUT2D eigenvalue weighted by atomic mass is 16.1. The van der Waals surface area contributed by atoms with Gasteiger partial charge in [0.1, 0.15) is 5.82 Å². The number of carbonyl (C=O) groups is 1. The summed E-state index contributed by atoms with van der Waals surface area (Å²) in [6.07, 6.45) is 1.58. The van der Waals surface area contributed by atoms with Crippen LogP contribution in [0.25, 0.3) is 0 Å². The first-order chi connectivity index (χ1) is 11.4. The van der Waals surface area contributed by atoms with Gasteiger partial charge in [0.25, 0.3) is 5.91 Å². The number of anilines is 1. The lowest BCUT2D eigenvalue weighted by atomic mass is 9.99. The second-order valence-electron chi connectivity index (χ2n) is 6.44. The van der Waals surface area contributed by atoms with Crippen LogP contribution < -0.4 is 16.0 Å². The average Bonchev–Trinajstić information content (AvgIpc) is 2.59. The number of nitrogens with one attached hydrogen (secondary N) is 1. The molecule has 1 heterocycles. The number of nitrogens with zero attached hydrogens (tertiary/aromatic N) is 2. The summed E-state index contributed by atoms with van der Waals surface area (Å²) in [6, 6.07) is 11.6. The minimum absolute atomic E-state index is 0.165. The molecule has 0 fully saturated rings. The Morgan fingerprint density at radius 1 is 1.12 bits per heavy atom. The Morgan fingerprint density at radius 2 is 1.75 bits per heavy atom. The lowest BCUT2D eigenvalue weighted by molar-refractivity contribution is 0.0951. The number of amides is 1. The summed E-state index contributed by atoms with van der Waals surface area (Å²) in [5.41, 5.74) is 9.00. The summed E-state index contributed by atoms with van der Waals surface area (Å²) in [5, 5.41) is 2.87. The van der Waals surface area contributed by atoms with E-state index in [2.05, 4.69) is 36.3 Å². The Labute approximate surface area is 143 Å². The third-order valence-electron chi connectivity index (χ3n) is 3.98. The molecule has 0 radical (unpaired) electrons. The SMILES string of the molecule is CC(C)c1ccc(C(N)CNC(=O)c2ccc(N(C)C)nc2)cc1. The molecule has 0 bridgehead atoms. The van der Waals surface area contributed by atoms with E-state index in [1.165, 1.54) is 5.56 Å². The molecule has 128 valence electrons. The Kier molecular flexibility index (Phi) is 5.93. The van der Waals surface area contributed by atoms with E-state index in [0.29, 0.717) is 18.0 Å². The molecule has 0 saturated heterocycles. The topological polar surface area (TPSA) is 71.2 Å². The second-order valence-corrected chi connectivity index (χ2v) is 6.44. The summed E-state index contributed by atoms with van der Waals surface area (Å²) in [6.45, 7) is 4.70. The summed E-state index contributed by atoms with van der Waals surface area (Å²) in [5.74, 6) is 1.14. The molecule has 0 spiro atoms. The monoisotopic (exact) mass is 326 g/mol. The third-order valence-corrected chi connectivity index (χ3v) is 3.98. The van der Waals surface area contributed by atoms with Gasteiger partial charge >= 0.3 is 0 Å². The smallest absolute Gasteiger partial charge is 0.252 e. The van der Waals surface area contributed by atoms with Crippen molar-refractivity contribution in [3.63, 3.8) is 0 Å². The molecule has 0 aliphatic rings. The molecule has 0 saturated carbocycles. The van der Waals surface area contributed by atoms with Gasteiger partial charge in [-0.05, 0) is 29.2 Å². The fraction of sp³-hybridized carbons (Fsp3) is 0.368. The number of pyridine rings is 1. The molecular weight excluding hydrogens is 300 g/mol. The molecule has 1 unspecified atom stereocenters. The van der Waals surface area contributed by atoms with Crippen LogP contribution in [-0.4, -0.2) is 31.5 Å². The van der Waals surface area contributed by atoms with Crippen LogP contribution in [0.3, 0.4) is 0 Å². The molecular formula is C19H26N4O. The normalized spacial score (nSPS) is 12.1. The van der Waals surface area contributed by atoms with E-state index in [4.69, 9.17) is 5.73 Å². The lowest BCUT2D eigenvalue weighted by Crippen LogP contribution is -2.32. The highest BCUT2D eigenvalue weighted by Crippen LogP contribution is 2.17. The number of hydrogen-bond acceptors (Lipinski definition) is 4. The molecule has 1 atom stereocenters. The molecule has 2 rings (SSSR count). The maximum Gasteiger partial charge on any atom is 0.252 e. The number of hydrogen-bond donors (Lipinski definition) is 2. The highest BCUT2D eigenvalue weighted by Gasteiger charge is 2.11. The van der Waals surface area contributed by atoms with E-state index in [9.17, 15) is 4.79 Å². The van der Waals surface area contributed by atoms with E-state index >= 15 is 0 Å². The predicted octanol–water partition coefficient (Wildman–Crippen LogP) is 2.70. The maximum absolute atomic E-state index is 12.2. The second kappa shape index (κ2) is 7.93. The van der Waals surface area contributed by atoms with Gasteiger partial charge in [-0.15, -0.1) is 0 Å². The Balaban J connectivity index is 1.92. The van der Waals surface area contributed by atoms with E-state index in [-0.39, 0.29) is 11.9 Å². The maximum atomic E-state index is 12.2. The van der Waals surface area contributed by atoms with Crippen molar-refractivity contribution in [2.24, 2.45) is 5.73 Å². The van der Waals surface area contributed by atoms with Crippen LogP contribution in [0.2, 0.25) is 0 Å². The van der Waals surface area contributed by atoms with E-state index in [1.54, 1.807) is 12.3 Å². The van der Waals surface area contributed by atoms with Crippen LogP contribution in [0, 0.1) is 0 Å². The van der Waals surface area contributed by atoms with Gasteiger partial charge in [-0.3, -0.25) is 4.79 Å². The summed E-state index contributed by atoms with van der Waals surface area (Å²) in [4.78, 5) is 18.3. The first-order valence-corrected chi connectivity index (χ1v) is 8.15. The van der Waals surface area contributed by atoms with Crippen molar-refractivity contribution >= 4 is 11.7 Å².